The van der Waals surface area contributed by atoms with Crippen molar-refractivity contribution >= 4 is 27.3 Å². The number of nitrogens with one attached hydrogen (secondary N) is 1. The van der Waals surface area contributed by atoms with E-state index in [1.165, 1.54) is 0 Å². The van der Waals surface area contributed by atoms with Gasteiger partial charge in [-0.2, -0.15) is 4.98 Å². The average molecular weight is 283 g/mol. The summed E-state index contributed by atoms with van der Waals surface area (Å²) in [4.78, 5) is 4.09. The first-order valence-electron chi connectivity index (χ1n) is 4.73. The summed E-state index contributed by atoms with van der Waals surface area (Å²) in [5.74, 6) is 1.19. The van der Waals surface area contributed by atoms with E-state index in [-0.39, 0.29) is 0 Å². The zero-order chi connectivity index (χ0) is 11.5. The predicted octanol–water partition coefficient (Wildman–Crippen LogP) is 2.33. The number of aromatic nitrogens is 2. The molecule has 1 aromatic heterocycles. The van der Waals surface area contributed by atoms with Gasteiger partial charge < -0.3 is 15.6 Å². The summed E-state index contributed by atoms with van der Waals surface area (Å²) in [7, 11) is 0. The van der Waals surface area contributed by atoms with Crippen LogP contribution in [0.15, 0.2) is 27.2 Å². The number of nitrogen functional groups attached to an aromatic ring is 1. The van der Waals surface area contributed by atoms with Crippen LogP contribution in [0.3, 0.4) is 0 Å². The minimum absolute atomic E-state index is 0.514. The molecule has 3 N–H and O–H groups in total. The molecule has 0 spiro atoms. The van der Waals surface area contributed by atoms with Crippen molar-refractivity contribution in [1.82, 2.24) is 10.1 Å². The Labute approximate surface area is 101 Å². The second-order valence-corrected chi connectivity index (χ2v) is 4.18. The van der Waals surface area contributed by atoms with Crippen molar-refractivity contribution in [1.29, 1.82) is 0 Å². The minimum Gasteiger partial charge on any atom is -0.399 e. The highest BCUT2D eigenvalue weighted by Crippen LogP contribution is 2.24. The van der Waals surface area contributed by atoms with Gasteiger partial charge in [0.2, 0.25) is 5.89 Å². The summed E-state index contributed by atoms with van der Waals surface area (Å²) in [6.45, 7) is 2.27. The lowest BCUT2D eigenvalue weighted by atomic mass is 10.3. The molecular formula is C10H11BrN4O. The van der Waals surface area contributed by atoms with Crippen LogP contribution < -0.4 is 11.1 Å². The van der Waals surface area contributed by atoms with Crippen molar-refractivity contribution < 1.29 is 4.52 Å². The van der Waals surface area contributed by atoms with E-state index in [9.17, 15) is 0 Å². The number of hydrogen-bond donors (Lipinski definition) is 2. The number of halogens is 1. The molecule has 0 unspecified atom stereocenters. The molecule has 0 aliphatic heterocycles. The number of hydrogen-bond acceptors (Lipinski definition) is 5. The molecule has 5 nitrogen and oxygen atoms in total. The van der Waals surface area contributed by atoms with Crippen molar-refractivity contribution in [3.63, 3.8) is 0 Å². The molecule has 2 aromatic rings. The zero-order valence-electron chi connectivity index (χ0n) is 8.70. The largest absolute Gasteiger partial charge is 0.399 e. The van der Waals surface area contributed by atoms with Crippen LogP contribution in [0, 0.1) is 6.92 Å². The first-order valence-corrected chi connectivity index (χ1v) is 5.52. The fraction of sp³-hybridized carbons (Fsp3) is 0.200. The van der Waals surface area contributed by atoms with Gasteiger partial charge in [0.15, 0.2) is 5.82 Å². The van der Waals surface area contributed by atoms with Crippen LogP contribution in [-0.4, -0.2) is 10.1 Å². The number of anilines is 2. The van der Waals surface area contributed by atoms with Crippen molar-refractivity contribution in [2.45, 2.75) is 13.5 Å². The Morgan fingerprint density at radius 2 is 2.31 bits per heavy atom. The van der Waals surface area contributed by atoms with Crippen LogP contribution >= 0.6 is 15.9 Å². The maximum absolute atomic E-state index is 5.64. The second-order valence-electron chi connectivity index (χ2n) is 3.32. The van der Waals surface area contributed by atoms with Crippen molar-refractivity contribution in [2.75, 3.05) is 11.1 Å². The first-order chi connectivity index (χ1) is 7.65. The summed E-state index contributed by atoms with van der Waals surface area (Å²) < 4.78 is 5.78. The molecule has 16 heavy (non-hydrogen) atoms. The Kier molecular flexibility index (Phi) is 3.09. The van der Waals surface area contributed by atoms with Gasteiger partial charge in [-0.05, 0) is 34.1 Å². The molecule has 84 valence electrons. The summed E-state index contributed by atoms with van der Waals surface area (Å²) in [6, 6.07) is 5.56. The van der Waals surface area contributed by atoms with Gasteiger partial charge >= 0.3 is 0 Å². The topological polar surface area (TPSA) is 77.0 Å². The van der Waals surface area contributed by atoms with Gasteiger partial charge in [0.05, 0.1) is 6.54 Å². The van der Waals surface area contributed by atoms with Gasteiger partial charge in [0.25, 0.3) is 0 Å². The fourth-order valence-electron chi connectivity index (χ4n) is 1.26. The third-order valence-electron chi connectivity index (χ3n) is 2.00. The zero-order valence-corrected chi connectivity index (χ0v) is 10.3. The molecule has 0 saturated heterocycles. The number of benzene rings is 1. The van der Waals surface area contributed by atoms with E-state index in [1.54, 1.807) is 6.92 Å². The molecule has 0 radical (unpaired) electrons. The molecule has 0 aliphatic rings. The van der Waals surface area contributed by atoms with E-state index in [4.69, 9.17) is 10.3 Å². The smallest absolute Gasteiger partial charge is 0.223 e. The Hall–Kier alpha value is -1.56. The van der Waals surface area contributed by atoms with Gasteiger partial charge in [0.1, 0.15) is 0 Å². The summed E-state index contributed by atoms with van der Waals surface area (Å²) in [6.07, 6.45) is 0. The molecular weight excluding hydrogens is 272 g/mol. The van der Waals surface area contributed by atoms with E-state index in [2.05, 4.69) is 31.4 Å². The monoisotopic (exact) mass is 282 g/mol. The second kappa shape index (κ2) is 4.52. The van der Waals surface area contributed by atoms with E-state index >= 15 is 0 Å². The molecule has 1 heterocycles. The van der Waals surface area contributed by atoms with E-state index < -0.39 is 0 Å². The Bertz CT molecular complexity index is 497. The van der Waals surface area contributed by atoms with Gasteiger partial charge in [-0.25, -0.2) is 0 Å². The van der Waals surface area contributed by atoms with Crippen LogP contribution in [0.5, 0.6) is 0 Å². The van der Waals surface area contributed by atoms with Gasteiger partial charge in [0, 0.05) is 22.8 Å². The van der Waals surface area contributed by atoms with Crippen LogP contribution in [-0.2, 0) is 6.54 Å². The average Bonchev–Trinajstić information content (AvgIpc) is 2.63. The van der Waals surface area contributed by atoms with Gasteiger partial charge in [-0.15, -0.1) is 0 Å². The van der Waals surface area contributed by atoms with Crippen molar-refractivity contribution in [2.24, 2.45) is 0 Å². The molecule has 2 rings (SSSR count). The standard InChI is InChI=1S/C10H11BrN4O/c1-6-14-10(15-16-6)5-13-9-3-2-7(12)4-8(9)11/h2-4,13H,5,12H2,1H3. The lowest BCUT2D eigenvalue weighted by Gasteiger charge is -2.06. The van der Waals surface area contributed by atoms with Gasteiger partial charge in [-0.1, -0.05) is 5.16 Å². The quantitative estimate of drug-likeness (QED) is 0.845. The van der Waals surface area contributed by atoms with Crippen LogP contribution in [0.1, 0.15) is 11.7 Å². The minimum atomic E-state index is 0.514. The van der Waals surface area contributed by atoms with E-state index in [0.717, 1.165) is 10.2 Å². The maximum Gasteiger partial charge on any atom is 0.223 e. The highest BCUT2D eigenvalue weighted by atomic mass is 79.9. The van der Waals surface area contributed by atoms with Crippen LogP contribution in [0.25, 0.3) is 0 Å². The maximum atomic E-state index is 5.64. The third-order valence-corrected chi connectivity index (χ3v) is 2.66. The number of rotatable bonds is 3. The van der Waals surface area contributed by atoms with Crippen LogP contribution in [0.4, 0.5) is 11.4 Å². The third kappa shape index (κ3) is 2.52. The molecule has 0 amide bonds. The SMILES string of the molecule is Cc1nc(CNc2ccc(N)cc2Br)no1. The molecule has 0 aliphatic carbocycles. The van der Waals surface area contributed by atoms with E-state index in [1.807, 2.05) is 18.2 Å². The number of nitrogens with two attached hydrogens (primary N) is 1. The molecule has 0 saturated carbocycles. The molecule has 0 atom stereocenters. The lowest BCUT2D eigenvalue weighted by Crippen LogP contribution is -2.02. The molecule has 1 aromatic carbocycles. The molecule has 6 heteroatoms. The summed E-state index contributed by atoms with van der Waals surface area (Å²) >= 11 is 3.42. The Morgan fingerprint density at radius 3 is 2.94 bits per heavy atom. The number of nitrogens with zero attached hydrogens (tertiary/aromatic N) is 2. The van der Waals surface area contributed by atoms with Crippen molar-refractivity contribution in [3.05, 3.63) is 34.4 Å². The van der Waals surface area contributed by atoms with Crippen LogP contribution in [0.2, 0.25) is 0 Å². The summed E-state index contributed by atoms with van der Waals surface area (Å²) in [5, 5.41) is 6.97. The Balaban J connectivity index is 2.04. The first kappa shape index (κ1) is 10.9. The highest BCUT2D eigenvalue weighted by Gasteiger charge is 2.04. The molecule has 0 bridgehead atoms. The number of aryl methyl sites for hydroxylation is 1. The Morgan fingerprint density at radius 1 is 1.50 bits per heavy atom. The lowest BCUT2D eigenvalue weighted by molar-refractivity contribution is 0.388. The van der Waals surface area contributed by atoms with Crippen molar-refractivity contribution in [3.8, 4) is 0 Å². The molecule has 0 fully saturated rings. The van der Waals surface area contributed by atoms with Gasteiger partial charge in [-0.3, -0.25) is 0 Å². The fourth-order valence-corrected chi connectivity index (χ4v) is 1.80. The highest BCUT2D eigenvalue weighted by molar-refractivity contribution is 9.10. The normalized spacial score (nSPS) is 10.4. The predicted molar refractivity (Wildman–Crippen MR) is 64.9 cm³/mol. The van der Waals surface area contributed by atoms with E-state index in [0.29, 0.717) is 23.9 Å². The summed E-state index contributed by atoms with van der Waals surface area (Å²) in [5.41, 5.74) is 7.30.